The molecule has 0 saturated heterocycles. The number of ether oxygens (including phenoxy) is 1. The van der Waals surface area contributed by atoms with E-state index in [9.17, 15) is 8.42 Å². The molecule has 0 atom stereocenters. The summed E-state index contributed by atoms with van der Waals surface area (Å²) in [4.78, 5) is 0. The van der Waals surface area contributed by atoms with Crippen molar-refractivity contribution in [2.24, 2.45) is 0 Å². The van der Waals surface area contributed by atoms with Crippen LogP contribution in [0, 0.1) is 0 Å². The highest BCUT2D eigenvalue weighted by Gasteiger charge is 2.13. The Morgan fingerprint density at radius 2 is 1.82 bits per heavy atom. The van der Waals surface area contributed by atoms with E-state index < -0.39 is 10.0 Å². The van der Waals surface area contributed by atoms with Crippen molar-refractivity contribution in [1.29, 1.82) is 0 Å². The predicted octanol–water partition coefficient (Wildman–Crippen LogP) is 3.61. The van der Waals surface area contributed by atoms with Crippen LogP contribution in [0.25, 0.3) is 16.8 Å². The second kappa shape index (κ2) is 7.10. The molecule has 0 aliphatic rings. The van der Waals surface area contributed by atoms with E-state index in [4.69, 9.17) is 16.3 Å². The largest absolute Gasteiger partial charge is 0.437 e. The van der Waals surface area contributed by atoms with Gasteiger partial charge in [0.15, 0.2) is 5.65 Å². The lowest BCUT2D eigenvalue weighted by molar-refractivity contribution is 0.454. The van der Waals surface area contributed by atoms with Crippen molar-refractivity contribution in [3.05, 3.63) is 65.9 Å². The Labute approximate surface area is 165 Å². The molecule has 0 aliphatic carbocycles. The van der Waals surface area contributed by atoms with E-state index in [1.807, 2.05) is 30.3 Å². The smallest absolute Gasteiger partial charge is 0.246 e. The van der Waals surface area contributed by atoms with E-state index in [2.05, 4.69) is 20.0 Å². The van der Waals surface area contributed by atoms with Crippen molar-refractivity contribution < 1.29 is 13.2 Å². The summed E-state index contributed by atoms with van der Waals surface area (Å²) in [6.07, 6.45) is 1.10. The summed E-state index contributed by atoms with van der Waals surface area (Å²) in [5.41, 5.74) is 2.48. The third kappa shape index (κ3) is 3.90. The number of aromatic nitrogens is 4. The molecule has 142 valence electrons. The van der Waals surface area contributed by atoms with Crippen LogP contribution in [0.2, 0.25) is 5.28 Å². The maximum absolute atomic E-state index is 11.6. The van der Waals surface area contributed by atoms with Gasteiger partial charge in [-0.2, -0.15) is 4.52 Å². The third-order valence-corrected chi connectivity index (χ3v) is 4.62. The van der Waals surface area contributed by atoms with E-state index in [0.29, 0.717) is 22.6 Å². The Balaban J connectivity index is 1.77. The van der Waals surface area contributed by atoms with Gasteiger partial charge in [0.25, 0.3) is 0 Å². The number of fused-ring (bicyclic) bond motifs is 1. The molecule has 1 N–H and O–H groups in total. The van der Waals surface area contributed by atoms with Crippen LogP contribution in [0.4, 0.5) is 5.69 Å². The molecule has 2 heterocycles. The SMILES string of the molecule is CS(=O)(=O)Nc1ccc(Oc2ccc3nnc(Cl)n3n2)c(-c2ccccc2)c1. The van der Waals surface area contributed by atoms with Crippen molar-refractivity contribution >= 4 is 33.0 Å². The van der Waals surface area contributed by atoms with Gasteiger partial charge in [-0.1, -0.05) is 30.3 Å². The van der Waals surface area contributed by atoms with Crippen molar-refractivity contribution in [3.8, 4) is 22.8 Å². The molecule has 2 aromatic heterocycles. The van der Waals surface area contributed by atoms with Crippen molar-refractivity contribution in [2.45, 2.75) is 0 Å². The second-order valence-corrected chi connectivity index (χ2v) is 8.05. The third-order valence-electron chi connectivity index (χ3n) is 3.78. The molecule has 4 aromatic rings. The summed E-state index contributed by atoms with van der Waals surface area (Å²) in [5.74, 6) is 0.788. The molecular formula is C18H14ClN5O3S. The van der Waals surface area contributed by atoms with Gasteiger partial charge in [0.1, 0.15) is 5.75 Å². The van der Waals surface area contributed by atoms with E-state index in [-0.39, 0.29) is 11.2 Å². The van der Waals surface area contributed by atoms with Gasteiger partial charge >= 0.3 is 0 Å². The minimum Gasteiger partial charge on any atom is -0.437 e. The lowest BCUT2D eigenvalue weighted by Gasteiger charge is -2.13. The predicted molar refractivity (Wildman–Crippen MR) is 106 cm³/mol. The lowest BCUT2D eigenvalue weighted by atomic mass is 10.0. The molecule has 8 nitrogen and oxygen atoms in total. The molecule has 2 aromatic carbocycles. The molecule has 0 spiro atoms. The van der Waals surface area contributed by atoms with E-state index in [1.165, 1.54) is 4.52 Å². The van der Waals surface area contributed by atoms with Gasteiger partial charge in [-0.25, -0.2) is 8.42 Å². The Kier molecular flexibility index (Phi) is 4.62. The first-order valence-corrected chi connectivity index (χ1v) is 10.4. The van der Waals surface area contributed by atoms with Gasteiger partial charge in [0.2, 0.25) is 21.2 Å². The minimum absolute atomic E-state index is 0.122. The Bertz CT molecular complexity index is 1260. The highest BCUT2D eigenvalue weighted by molar-refractivity contribution is 7.92. The van der Waals surface area contributed by atoms with Gasteiger partial charge in [0, 0.05) is 17.3 Å². The molecule has 0 aliphatic heterocycles. The van der Waals surface area contributed by atoms with Crippen molar-refractivity contribution in [3.63, 3.8) is 0 Å². The number of rotatable bonds is 5. The molecule has 0 radical (unpaired) electrons. The monoisotopic (exact) mass is 415 g/mol. The fourth-order valence-corrected chi connectivity index (χ4v) is 3.37. The standard InChI is InChI=1S/C18H14ClN5O3S/c1-28(25,26)23-13-7-8-15(14(11-13)12-5-3-2-4-6-12)27-17-10-9-16-20-21-18(19)24(16)22-17/h2-11,23H,1H3. The topological polar surface area (TPSA) is 98.5 Å². The molecule has 4 rings (SSSR count). The normalized spacial score (nSPS) is 11.5. The van der Waals surface area contributed by atoms with Gasteiger partial charge in [-0.3, -0.25) is 4.72 Å². The zero-order valence-corrected chi connectivity index (χ0v) is 16.1. The van der Waals surface area contributed by atoms with Crippen LogP contribution in [-0.2, 0) is 10.0 Å². The zero-order chi connectivity index (χ0) is 19.7. The van der Waals surface area contributed by atoms with E-state index in [0.717, 1.165) is 11.8 Å². The number of sulfonamides is 1. The van der Waals surface area contributed by atoms with Crippen molar-refractivity contribution in [1.82, 2.24) is 19.8 Å². The summed E-state index contributed by atoms with van der Waals surface area (Å²) >= 11 is 5.96. The molecule has 28 heavy (non-hydrogen) atoms. The van der Waals surface area contributed by atoms with Gasteiger partial charge < -0.3 is 4.74 Å². The Morgan fingerprint density at radius 3 is 2.57 bits per heavy atom. The zero-order valence-electron chi connectivity index (χ0n) is 14.6. The van der Waals surface area contributed by atoms with E-state index in [1.54, 1.807) is 30.3 Å². The molecule has 10 heteroatoms. The lowest BCUT2D eigenvalue weighted by Crippen LogP contribution is -2.09. The van der Waals surface area contributed by atoms with Crippen LogP contribution < -0.4 is 9.46 Å². The first kappa shape index (κ1) is 18.2. The number of anilines is 1. The summed E-state index contributed by atoms with van der Waals surface area (Å²) in [7, 11) is -3.41. The van der Waals surface area contributed by atoms with Crippen LogP contribution in [0.1, 0.15) is 0 Å². The average molecular weight is 416 g/mol. The summed E-state index contributed by atoms with van der Waals surface area (Å²) < 4.78 is 32.9. The Morgan fingerprint density at radius 1 is 1.04 bits per heavy atom. The fraction of sp³-hybridized carbons (Fsp3) is 0.0556. The van der Waals surface area contributed by atoms with Crippen LogP contribution in [0.5, 0.6) is 11.6 Å². The minimum atomic E-state index is -3.41. The quantitative estimate of drug-likeness (QED) is 0.534. The van der Waals surface area contributed by atoms with Crippen LogP contribution in [-0.4, -0.2) is 34.5 Å². The van der Waals surface area contributed by atoms with Gasteiger partial charge in [-0.15, -0.1) is 15.3 Å². The molecule has 0 bridgehead atoms. The second-order valence-electron chi connectivity index (χ2n) is 5.96. The molecular weight excluding hydrogens is 402 g/mol. The number of hydrogen-bond donors (Lipinski definition) is 1. The number of nitrogens with one attached hydrogen (secondary N) is 1. The highest BCUT2D eigenvalue weighted by atomic mass is 35.5. The summed E-state index contributed by atoms with van der Waals surface area (Å²) in [6, 6.07) is 17.8. The number of benzene rings is 2. The maximum Gasteiger partial charge on any atom is 0.246 e. The van der Waals surface area contributed by atoms with Gasteiger partial charge in [0.05, 0.1) is 6.26 Å². The van der Waals surface area contributed by atoms with Crippen LogP contribution in [0.15, 0.2) is 60.7 Å². The number of nitrogens with zero attached hydrogens (tertiary/aromatic N) is 4. The van der Waals surface area contributed by atoms with Crippen LogP contribution in [0.3, 0.4) is 0 Å². The van der Waals surface area contributed by atoms with E-state index >= 15 is 0 Å². The molecule has 0 unspecified atom stereocenters. The Hall–Kier alpha value is -3.17. The first-order chi connectivity index (χ1) is 13.4. The molecule has 0 fully saturated rings. The summed E-state index contributed by atoms with van der Waals surface area (Å²) in [5, 5.41) is 12.0. The maximum atomic E-state index is 11.6. The molecule has 0 amide bonds. The van der Waals surface area contributed by atoms with Crippen molar-refractivity contribution in [2.75, 3.05) is 11.0 Å². The molecule has 0 saturated carbocycles. The van der Waals surface area contributed by atoms with Gasteiger partial charge in [-0.05, 0) is 41.4 Å². The van der Waals surface area contributed by atoms with Crippen LogP contribution >= 0.6 is 11.6 Å². The average Bonchev–Trinajstić information content (AvgIpc) is 3.03. The first-order valence-electron chi connectivity index (χ1n) is 8.12. The fourth-order valence-electron chi connectivity index (χ4n) is 2.65. The highest BCUT2D eigenvalue weighted by Crippen LogP contribution is 2.35. The number of hydrogen-bond acceptors (Lipinski definition) is 6. The number of halogens is 1. The summed E-state index contributed by atoms with van der Waals surface area (Å²) in [6.45, 7) is 0.